The smallest absolute Gasteiger partial charge is 0.271 e. The van der Waals surface area contributed by atoms with Gasteiger partial charge in [0.15, 0.2) is 5.17 Å². The molecule has 1 aliphatic heterocycles. The van der Waals surface area contributed by atoms with E-state index in [0.29, 0.717) is 17.4 Å². The molecule has 2 N–H and O–H groups in total. The minimum atomic E-state index is -0.585. The maximum Gasteiger partial charge on any atom is 0.271 e. The molecule has 0 bridgehead atoms. The highest BCUT2D eigenvalue weighted by Crippen LogP contribution is 2.24. The van der Waals surface area contributed by atoms with Crippen molar-refractivity contribution in [1.29, 1.82) is 0 Å². The predicted molar refractivity (Wildman–Crippen MR) is 103 cm³/mol. The second kappa shape index (κ2) is 8.45. The molecular formula is C18H16N4O4S. The van der Waals surface area contributed by atoms with Crippen LogP contribution in [0.1, 0.15) is 12.0 Å². The topological polar surface area (TPSA) is 114 Å². The van der Waals surface area contributed by atoms with Gasteiger partial charge in [-0.15, -0.1) is 0 Å². The number of nitro groups is 1. The normalized spacial score (nSPS) is 17.6. The zero-order valence-corrected chi connectivity index (χ0v) is 14.9. The lowest BCUT2D eigenvalue weighted by Gasteiger charge is -2.07. The van der Waals surface area contributed by atoms with E-state index in [9.17, 15) is 19.7 Å². The molecule has 9 heteroatoms. The fraction of sp³-hybridized carbons (Fsp3) is 0.167. The lowest BCUT2D eigenvalue weighted by atomic mass is 10.2. The highest BCUT2D eigenvalue weighted by molar-refractivity contribution is 8.15. The number of hydrogen-bond acceptors (Lipinski definition) is 6. The first kappa shape index (κ1) is 18.6. The van der Waals surface area contributed by atoms with Gasteiger partial charge in [0.25, 0.3) is 5.69 Å². The Morgan fingerprint density at radius 3 is 2.74 bits per heavy atom. The van der Waals surface area contributed by atoms with Crippen molar-refractivity contribution in [2.45, 2.75) is 18.2 Å². The molecule has 1 fully saturated rings. The lowest BCUT2D eigenvalue weighted by molar-refractivity contribution is -0.384. The molecule has 3 rings (SSSR count). The molecule has 1 aliphatic rings. The van der Waals surface area contributed by atoms with Crippen LogP contribution in [-0.2, 0) is 16.1 Å². The molecular weight excluding hydrogens is 368 g/mol. The van der Waals surface area contributed by atoms with Crippen LogP contribution in [0.25, 0.3) is 0 Å². The lowest BCUT2D eigenvalue weighted by Crippen LogP contribution is -2.28. The van der Waals surface area contributed by atoms with Crippen LogP contribution in [0.5, 0.6) is 0 Å². The zero-order valence-electron chi connectivity index (χ0n) is 14.1. The number of amides is 2. The van der Waals surface area contributed by atoms with Crippen LogP contribution in [0.3, 0.4) is 0 Å². The van der Waals surface area contributed by atoms with Crippen LogP contribution in [-0.4, -0.2) is 27.2 Å². The van der Waals surface area contributed by atoms with E-state index in [1.54, 1.807) is 6.07 Å². The summed E-state index contributed by atoms with van der Waals surface area (Å²) in [4.78, 5) is 38.8. The van der Waals surface area contributed by atoms with Gasteiger partial charge in [0.05, 0.1) is 11.5 Å². The standard InChI is InChI=1S/C18H16N4O4S/c23-16(20-13-7-4-8-14(9-13)22(25)26)10-15-17(24)21-18(27-15)19-11-12-5-2-1-3-6-12/h1-9,15H,10-11H2,(H,20,23)(H,19,21,24)/t15-/m0/s1. The number of thioether (sulfide) groups is 1. The Bertz CT molecular complexity index is 901. The number of nitro benzene ring substituents is 1. The molecule has 0 aromatic heterocycles. The number of nitrogens with zero attached hydrogens (tertiary/aromatic N) is 2. The van der Waals surface area contributed by atoms with E-state index < -0.39 is 16.1 Å². The average molecular weight is 384 g/mol. The monoisotopic (exact) mass is 384 g/mol. The summed E-state index contributed by atoms with van der Waals surface area (Å²) >= 11 is 1.21. The van der Waals surface area contributed by atoms with Gasteiger partial charge >= 0.3 is 0 Å². The number of nitrogens with one attached hydrogen (secondary N) is 2. The number of rotatable bonds is 6. The van der Waals surface area contributed by atoms with Gasteiger partial charge in [-0.1, -0.05) is 48.2 Å². The van der Waals surface area contributed by atoms with E-state index in [0.717, 1.165) is 5.56 Å². The minimum absolute atomic E-state index is 0.0520. The molecule has 2 aromatic rings. The molecule has 8 nitrogen and oxygen atoms in total. The number of anilines is 1. The van der Waals surface area contributed by atoms with Gasteiger partial charge in [0.1, 0.15) is 5.25 Å². The first-order valence-electron chi connectivity index (χ1n) is 8.11. The SMILES string of the molecule is O=C(C[C@@H]1SC(=NCc2ccccc2)NC1=O)Nc1cccc([N+](=O)[O-])c1. The highest BCUT2D eigenvalue weighted by Gasteiger charge is 2.32. The predicted octanol–water partition coefficient (Wildman–Crippen LogP) is 2.71. The van der Waals surface area contributed by atoms with Crippen molar-refractivity contribution in [2.24, 2.45) is 4.99 Å². The van der Waals surface area contributed by atoms with E-state index in [1.807, 2.05) is 30.3 Å². The maximum absolute atomic E-state index is 12.2. The van der Waals surface area contributed by atoms with Crippen LogP contribution in [0, 0.1) is 10.1 Å². The molecule has 2 amide bonds. The van der Waals surface area contributed by atoms with Crippen molar-refractivity contribution in [3.63, 3.8) is 0 Å². The van der Waals surface area contributed by atoms with Crippen LogP contribution >= 0.6 is 11.8 Å². The van der Waals surface area contributed by atoms with Crippen LogP contribution < -0.4 is 10.6 Å². The number of carbonyl (C=O) groups excluding carboxylic acids is 2. The molecule has 0 radical (unpaired) electrons. The van der Waals surface area contributed by atoms with Gasteiger partial charge in [-0.3, -0.25) is 24.7 Å². The summed E-state index contributed by atoms with van der Waals surface area (Å²) in [6, 6.07) is 15.3. The van der Waals surface area contributed by atoms with E-state index >= 15 is 0 Å². The Kier molecular flexibility index (Phi) is 5.82. The summed E-state index contributed by atoms with van der Waals surface area (Å²) in [7, 11) is 0. The zero-order chi connectivity index (χ0) is 19.2. The fourth-order valence-corrected chi connectivity index (χ4v) is 3.41. The summed E-state index contributed by atoms with van der Waals surface area (Å²) in [5.41, 5.74) is 1.22. The summed E-state index contributed by atoms with van der Waals surface area (Å²) < 4.78 is 0. The second-order valence-corrected chi connectivity index (χ2v) is 6.95. The van der Waals surface area contributed by atoms with E-state index in [-0.39, 0.29) is 18.0 Å². The van der Waals surface area contributed by atoms with Crippen molar-refractivity contribution in [3.8, 4) is 0 Å². The molecule has 0 saturated carbocycles. The van der Waals surface area contributed by atoms with Gasteiger partial charge in [0, 0.05) is 24.2 Å². The van der Waals surface area contributed by atoms with E-state index in [2.05, 4.69) is 15.6 Å². The molecule has 2 aromatic carbocycles. The Morgan fingerprint density at radius 2 is 2.00 bits per heavy atom. The number of benzene rings is 2. The van der Waals surface area contributed by atoms with Crippen molar-refractivity contribution in [3.05, 3.63) is 70.3 Å². The van der Waals surface area contributed by atoms with Crippen molar-refractivity contribution in [2.75, 3.05) is 5.32 Å². The second-order valence-electron chi connectivity index (χ2n) is 5.76. The highest BCUT2D eigenvalue weighted by atomic mass is 32.2. The number of amidine groups is 1. The molecule has 0 unspecified atom stereocenters. The van der Waals surface area contributed by atoms with Crippen LogP contribution in [0.15, 0.2) is 59.6 Å². The van der Waals surface area contributed by atoms with Gasteiger partial charge in [0.2, 0.25) is 11.8 Å². The molecule has 27 heavy (non-hydrogen) atoms. The van der Waals surface area contributed by atoms with Crippen LogP contribution in [0.4, 0.5) is 11.4 Å². The van der Waals surface area contributed by atoms with Crippen molar-refractivity contribution in [1.82, 2.24) is 5.32 Å². The first-order valence-corrected chi connectivity index (χ1v) is 8.99. The summed E-state index contributed by atoms with van der Waals surface area (Å²) in [6.45, 7) is 0.441. The number of carbonyl (C=O) groups is 2. The number of hydrogen-bond donors (Lipinski definition) is 2. The van der Waals surface area contributed by atoms with Gasteiger partial charge in [-0.05, 0) is 11.6 Å². The van der Waals surface area contributed by atoms with Crippen LogP contribution in [0.2, 0.25) is 0 Å². The number of non-ortho nitro benzene ring substituents is 1. The van der Waals surface area contributed by atoms with E-state index in [4.69, 9.17) is 0 Å². The largest absolute Gasteiger partial charge is 0.326 e. The quantitative estimate of drug-likeness (QED) is 0.587. The fourth-order valence-electron chi connectivity index (χ4n) is 2.44. The van der Waals surface area contributed by atoms with Gasteiger partial charge < -0.3 is 10.6 Å². The molecule has 1 atom stereocenters. The number of aliphatic imine (C=N–C) groups is 1. The minimum Gasteiger partial charge on any atom is -0.326 e. The average Bonchev–Trinajstić information content (AvgIpc) is 3.00. The third kappa shape index (κ3) is 5.14. The summed E-state index contributed by atoms with van der Waals surface area (Å²) in [6.07, 6.45) is -0.0520. The van der Waals surface area contributed by atoms with E-state index in [1.165, 1.54) is 30.0 Å². The Balaban J connectivity index is 1.56. The Hall–Kier alpha value is -3.20. The third-order valence-corrected chi connectivity index (χ3v) is 4.86. The molecule has 0 aliphatic carbocycles. The Labute approximate surface area is 159 Å². The third-order valence-electron chi connectivity index (χ3n) is 3.74. The molecule has 1 heterocycles. The van der Waals surface area contributed by atoms with Crippen molar-refractivity contribution >= 4 is 40.1 Å². The first-order chi connectivity index (χ1) is 13.0. The summed E-state index contributed by atoms with van der Waals surface area (Å²) in [5, 5.41) is 15.9. The summed E-state index contributed by atoms with van der Waals surface area (Å²) in [5.74, 6) is -0.673. The molecule has 138 valence electrons. The molecule has 1 saturated heterocycles. The van der Waals surface area contributed by atoms with Gasteiger partial charge in [-0.2, -0.15) is 0 Å². The molecule has 0 spiro atoms. The van der Waals surface area contributed by atoms with Gasteiger partial charge in [-0.25, -0.2) is 0 Å². The Morgan fingerprint density at radius 1 is 1.22 bits per heavy atom. The van der Waals surface area contributed by atoms with Crippen molar-refractivity contribution < 1.29 is 14.5 Å². The maximum atomic E-state index is 12.2.